The second-order valence-corrected chi connectivity index (χ2v) is 10.6. The molecule has 3 aromatic rings. The van der Waals surface area contributed by atoms with E-state index < -0.39 is 0 Å². The molecular formula is C18H15N3OS4. The minimum atomic E-state index is -0.0598. The molecule has 0 saturated heterocycles. The van der Waals surface area contributed by atoms with Crippen LogP contribution in [0.5, 0.6) is 0 Å². The number of thiol groups is 1. The van der Waals surface area contributed by atoms with Crippen molar-refractivity contribution in [2.75, 3.05) is 5.06 Å². The van der Waals surface area contributed by atoms with Crippen LogP contribution in [-0.4, -0.2) is 9.69 Å². The van der Waals surface area contributed by atoms with E-state index in [4.69, 9.17) is 9.92 Å². The average molecular weight is 418 g/mol. The Labute approximate surface area is 169 Å². The van der Waals surface area contributed by atoms with Crippen LogP contribution in [0.15, 0.2) is 33.5 Å². The average Bonchev–Trinajstić information content (AvgIpc) is 3.11. The van der Waals surface area contributed by atoms with Crippen LogP contribution in [0.3, 0.4) is 0 Å². The van der Waals surface area contributed by atoms with Crippen molar-refractivity contribution in [2.24, 2.45) is 0 Å². The molecular weight excluding hydrogens is 402 g/mol. The topological polar surface area (TPSA) is 37.4 Å². The molecule has 6 rings (SSSR count). The Morgan fingerprint density at radius 3 is 2.69 bits per heavy atom. The normalized spacial score (nSPS) is 19.7. The summed E-state index contributed by atoms with van der Waals surface area (Å²) in [6.07, 6.45) is 4.88. The first-order valence-corrected chi connectivity index (χ1v) is 11.6. The maximum absolute atomic E-state index is 5.79. The van der Waals surface area contributed by atoms with E-state index in [2.05, 4.69) is 23.6 Å². The molecule has 1 atom stereocenters. The molecule has 0 bridgehead atoms. The molecule has 2 aliphatic carbocycles. The zero-order valence-corrected chi connectivity index (χ0v) is 17.0. The lowest BCUT2D eigenvalue weighted by molar-refractivity contribution is 0.0823. The quantitative estimate of drug-likeness (QED) is 0.362. The maximum atomic E-state index is 5.79. The zero-order chi connectivity index (χ0) is 17.3. The monoisotopic (exact) mass is 417 g/mol. The first-order valence-electron chi connectivity index (χ1n) is 8.57. The Morgan fingerprint density at radius 2 is 1.88 bits per heavy atom. The van der Waals surface area contributed by atoms with Crippen molar-refractivity contribution in [3.05, 3.63) is 46.5 Å². The summed E-state index contributed by atoms with van der Waals surface area (Å²) < 4.78 is 2.34. The van der Waals surface area contributed by atoms with E-state index in [0.717, 1.165) is 10.0 Å². The predicted molar refractivity (Wildman–Crippen MR) is 112 cm³/mol. The van der Waals surface area contributed by atoms with Gasteiger partial charge < -0.3 is 0 Å². The lowest BCUT2D eigenvalue weighted by Gasteiger charge is -2.31. The number of rotatable bonds is 4. The summed E-state index contributed by atoms with van der Waals surface area (Å²) >= 11 is 9.49. The van der Waals surface area contributed by atoms with E-state index in [-0.39, 0.29) is 4.71 Å². The fourth-order valence-corrected chi connectivity index (χ4v) is 7.09. The number of thiazole rings is 1. The van der Waals surface area contributed by atoms with Crippen LogP contribution >= 0.6 is 47.7 Å². The molecule has 1 aromatic heterocycles. The van der Waals surface area contributed by atoms with Crippen LogP contribution in [0.25, 0.3) is 10.2 Å². The van der Waals surface area contributed by atoms with Gasteiger partial charge in [-0.3, -0.25) is 0 Å². The van der Waals surface area contributed by atoms with E-state index in [1.807, 2.05) is 18.2 Å². The minimum absolute atomic E-state index is 0.0598. The van der Waals surface area contributed by atoms with E-state index in [1.54, 1.807) is 44.9 Å². The number of nitrogens with zero attached hydrogens (tertiary/aromatic N) is 2. The summed E-state index contributed by atoms with van der Waals surface area (Å²) in [5, 5.41) is 1.79. The van der Waals surface area contributed by atoms with Crippen LogP contribution in [0.1, 0.15) is 22.3 Å². The largest absolute Gasteiger partial charge is 0.228 e. The van der Waals surface area contributed by atoms with Gasteiger partial charge in [0.15, 0.2) is 9.05 Å². The van der Waals surface area contributed by atoms with Gasteiger partial charge in [0.25, 0.3) is 0 Å². The van der Waals surface area contributed by atoms with Gasteiger partial charge in [0, 0.05) is 16.8 Å². The molecule has 2 aromatic carbocycles. The molecule has 0 amide bonds. The Balaban J connectivity index is 1.22. The molecule has 26 heavy (non-hydrogen) atoms. The Bertz CT molecular complexity index is 1000. The molecule has 2 heterocycles. The molecule has 0 fully saturated rings. The van der Waals surface area contributed by atoms with Crippen LogP contribution in [0, 0.1) is 0 Å². The lowest BCUT2D eigenvalue weighted by atomic mass is 9.74. The molecule has 1 N–H and O–H groups in total. The second-order valence-electron chi connectivity index (χ2n) is 6.59. The minimum Gasteiger partial charge on any atom is -0.228 e. The fourth-order valence-electron chi connectivity index (χ4n) is 3.89. The number of aromatic nitrogens is 1. The van der Waals surface area contributed by atoms with Gasteiger partial charge in [-0.15, -0.1) is 28.9 Å². The summed E-state index contributed by atoms with van der Waals surface area (Å²) in [4.78, 5) is 14.9. The predicted octanol–water partition coefficient (Wildman–Crippen LogP) is 4.76. The van der Waals surface area contributed by atoms with Crippen molar-refractivity contribution < 1.29 is 4.94 Å². The van der Waals surface area contributed by atoms with Gasteiger partial charge in [0.05, 0.1) is 15.9 Å². The van der Waals surface area contributed by atoms with E-state index in [9.17, 15) is 0 Å². The third-order valence-electron chi connectivity index (χ3n) is 5.31. The summed E-state index contributed by atoms with van der Waals surface area (Å²) in [5.74, 6) is 0. The van der Waals surface area contributed by atoms with E-state index >= 15 is 0 Å². The van der Waals surface area contributed by atoms with Crippen molar-refractivity contribution >= 4 is 63.6 Å². The standard InChI is InChI=1S/C18H15N3OS4/c23-18-21(13-3-1-2-4-14(13)24-18)22-20-26-17-19-15-11-7-5-9(11)10-6-8-12(10)16(15)25-17/h1-4,18,20,23H,5-8H2. The Morgan fingerprint density at radius 1 is 1.12 bits per heavy atom. The molecule has 3 aliphatic rings. The van der Waals surface area contributed by atoms with Gasteiger partial charge in [-0.25, -0.2) is 10.0 Å². The first kappa shape index (κ1) is 16.1. The number of nitrogens with one attached hydrogen (secondary N) is 1. The van der Waals surface area contributed by atoms with Gasteiger partial charge >= 0.3 is 0 Å². The highest BCUT2D eigenvalue weighted by Crippen LogP contribution is 2.46. The third-order valence-corrected chi connectivity index (χ3v) is 8.67. The lowest BCUT2D eigenvalue weighted by Crippen LogP contribution is -2.30. The van der Waals surface area contributed by atoms with Gasteiger partial charge in [-0.1, -0.05) is 23.9 Å². The Kier molecular flexibility index (Phi) is 3.74. The molecule has 0 radical (unpaired) electrons. The summed E-state index contributed by atoms with van der Waals surface area (Å²) in [5.41, 5.74) is 8.51. The van der Waals surface area contributed by atoms with E-state index in [1.165, 1.54) is 58.3 Å². The number of fused-ring (bicyclic) bond motifs is 7. The molecule has 1 unspecified atom stereocenters. The number of aryl methyl sites for hydroxylation is 2. The second kappa shape index (κ2) is 6.05. The van der Waals surface area contributed by atoms with Crippen molar-refractivity contribution in [3.8, 4) is 0 Å². The van der Waals surface area contributed by atoms with Gasteiger partial charge in [-0.2, -0.15) is 4.94 Å². The first-order chi connectivity index (χ1) is 12.8. The molecule has 0 saturated carbocycles. The number of para-hydroxylation sites is 1. The number of hydrogen-bond donors (Lipinski definition) is 2. The SMILES string of the molecule is SC1Sc2ccccc2N1ONSc1nc2c3c(c4c(c2s1)CC4)CC3. The van der Waals surface area contributed by atoms with Crippen LogP contribution in [0.2, 0.25) is 0 Å². The maximum Gasteiger partial charge on any atom is 0.168 e. The third kappa shape index (κ3) is 2.30. The fraction of sp³-hybridized carbons (Fsp3) is 0.278. The van der Waals surface area contributed by atoms with Crippen LogP contribution in [-0.2, 0) is 30.6 Å². The van der Waals surface area contributed by atoms with Crippen LogP contribution < -0.4 is 9.95 Å². The van der Waals surface area contributed by atoms with Crippen molar-refractivity contribution in [1.82, 2.24) is 9.87 Å². The van der Waals surface area contributed by atoms with Crippen molar-refractivity contribution in [2.45, 2.75) is 39.6 Å². The van der Waals surface area contributed by atoms with Gasteiger partial charge in [-0.05, 0) is 60.1 Å². The van der Waals surface area contributed by atoms with Gasteiger partial charge in [0.1, 0.15) is 0 Å². The highest BCUT2D eigenvalue weighted by atomic mass is 32.2. The summed E-state index contributed by atoms with van der Waals surface area (Å²) in [6.45, 7) is 0. The highest BCUT2D eigenvalue weighted by Gasteiger charge is 2.31. The summed E-state index contributed by atoms with van der Waals surface area (Å²) in [7, 11) is 0. The summed E-state index contributed by atoms with van der Waals surface area (Å²) in [6, 6.07) is 8.17. The molecule has 4 nitrogen and oxygen atoms in total. The molecule has 8 heteroatoms. The smallest absolute Gasteiger partial charge is 0.168 e. The number of hydroxylamine groups is 1. The van der Waals surface area contributed by atoms with Gasteiger partial charge in [0.2, 0.25) is 0 Å². The number of anilines is 1. The molecule has 1 aliphatic heterocycles. The van der Waals surface area contributed by atoms with Crippen LogP contribution in [0.4, 0.5) is 5.69 Å². The number of thioether (sulfide) groups is 1. The van der Waals surface area contributed by atoms with Crippen molar-refractivity contribution in [1.29, 1.82) is 0 Å². The van der Waals surface area contributed by atoms with E-state index in [0.29, 0.717) is 0 Å². The molecule has 132 valence electrons. The highest BCUT2D eigenvalue weighted by molar-refractivity contribution is 8.10. The zero-order valence-electron chi connectivity index (χ0n) is 13.7. The Hall–Kier alpha value is -0.900. The van der Waals surface area contributed by atoms with Crippen molar-refractivity contribution in [3.63, 3.8) is 0 Å². The number of hydrogen-bond acceptors (Lipinski definition) is 8. The molecule has 0 spiro atoms. The number of benzene rings is 2.